The van der Waals surface area contributed by atoms with Crippen molar-refractivity contribution in [3.63, 3.8) is 0 Å². The van der Waals surface area contributed by atoms with Gasteiger partial charge in [-0.1, -0.05) is 0 Å². The quantitative estimate of drug-likeness (QED) is 0.315. The lowest BCUT2D eigenvalue weighted by Gasteiger charge is -2.18. The summed E-state index contributed by atoms with van der Waals surface area (Å²) < 4.78 is 116. The fourth-order valence-electron chi connectivity index (χ4n) is 4.53. The molecule has 1 aromatic carbocycles. The van der Waals surface area contributed by atoms with Gasteiger partial charge in [0.15, 0.2) is 5.82 Å². The molecule has 1 aliphatic rings. The molecule has 1 amide bonds. The minimum absolute atomic E-state index is 0.0291. The number of nitrogen functional groups attached to an aromatic ring is 1. The minimum Gasteiger partial charge on any atom is -0.480 e. The molecule has 18 heteroatoms. The van der Waals surface area contributed by atoms with Gasteiger partial charge in [-0.2, -0.15) is 22.6 Å². The zero-order chi connectivity index (χ0) is 30.6. The highest BCUT2D eigenvalue weighted by Crippen LogP contribution is 2.39. The number of carbonyl (C=O) groups is 1. The number of pyridine rings is 1. The number of methoxy groups -OCH3 is 1. The fourth-order valence-corrected chi connectivity index (χ4v) is 6.08. The van der Waals surface area contributed by atoms with Crippen molar-refractivity contribution in [1.29, 1.82) is 0 Å². The van der Waals surface area contributed by atoms with E-state index in [1.807, 2.05) is 0 Å². The average molecular weight is 616 g/mol. The Morgan fingerprint density at radius 1 is 1.14 bits per heavy atom. The minimum atomic E-state index is -4.83. The van der Waals surface area contributed by atoms with Crippen LogP contribution in [-0.4, -0.2) is 70.6 Å². The number of sulfonamides is 1. The molecule has 0 spiro atoms. The molecule has 5 rings (SSSR count). The summed E-state index contributed by atoms with van der Waals surface area (Å²) in [6.45, 7) is -1.40. The van der Waals surface area contributed by atoms with Crippen LogP contribution in [0.2, 0.25) is 0 Å². The number of hydrogen-bond acceptors (Lipinski definition) is 8. The molecule has 4 aromatic rings. The molecule has 0 aliphatic carbocycles. The number of alkyl halides is 4. The smallest absolute Gasteiger partial charge is 0.418 e. The zero-order valence-corrected chi connectivity index (χ0v) is 22.0. The van der Waals surface area contributed by atoms with Crippen LogP contribution in [0.3, 0.4) is 0 Å². The number of aromatic nitrogens is 4. The second-order valence-corrected chi connectivity index (χ2v) is 11.0. The van der Waals surface area contributed by atoms with E-state index in [0.717, 1.165) is 42.3 Å². The molecule has 42 heavy (non-hydrogen) atoms. The van der Waals surface area contributed by atoms with Crippen LogP contribution in [0.15, 0.2) is 47.8 Å². The van der Waals surface area contributed by atoms with E-state index in [-0.39, 0.29) is 22.7 Å². The molecule has 3 aromatic heterocycles. The predicted octanol–water partition coefficient (Wildman–Crippen LogP) is 2.82. The van der Waals surface area contributed by atoms with Crippen molar-refractivity contribution >= 4 is 27.3 Å². The number of hydrogen-bond donors (Lipinski definition) is 2. The van der Waals surface area contributed by atoms with E-state index in [4.69, 9.17) is 10.5 Å². The van der Waals surface area contributed by atoms with Crippen LogP contribution in [0.25, 0.3) is 16.8 Å². The van der Waals surface area contributed by atoms with Crippen LogP contribution < -0.4 is 15.8 Å². The van der Waals surface area contributed by atoms with Crippen LogP contribution in [-0.2, 0) is 16.2 Å². The summed E-state index contributed by atoms with van der Waals surface area (Å²) in [4.78, 5) is 19.8. The molecule has 1 saturated heterocycles. The van der Waals surface area contributed by atoms with Crippen molar-refractivity contribution in [3.8, 4) is 17.1 Å². The number of halogens is 6. The number of ether oxygens (including phenoxy) is 1. The van der Waals surface area contributed by atoms with Crippen molar-refractivity contribution < 1.29 is 44.3 Å². The Hall–Kier alpha value is -4.45. The van der Waals surface area contributed by atoms with E-state index in [9.17, 15) is 39.6 Å². The predicted molar refractivity (Wildman–Crippen MR) is 133 cm³/mol. The van der Waals surface area contributed by atoms with E-state index in [2.05, 4.69) is 20.4 Å². The molecule has 0 saturated carbocycles. The maximum absolute atomic E-state index is 14.9. The van der Waals surface area contributed by atoms with Crippen molar-refractivity contribution in [3.05, 3.63) is 65.6 Å². The number of fused-ring (bicyclic) bond motifs is 1. The molecule has 3 N–H and O–H groups in total. The second kappa shape index (κ2) is 10.4. The maximum atomic E-state index is 14.9. The van der Waals surface area contributed by atoms with Gasteiger partial charge in [-0.3, -0.25) is 4.79 Å². The van der Waals surface area contributed by atoms with Crippen molar-refractivity contribution in [2.24, 2.45) is 0 Å². The van der Waals surface area contributed by atoms with Gasteiger partial charge in [0.1, 0.15) is 40.1 Å². The first-order valence-corrected chi connectivity index (χ1v) is 13.3. The largest absolute Gasteiger partial charge is 0.480 e. The molecule has 0 unspecified atom stereocenters. The monoisotopic (exact) mass is 615 g/mol. The van der Waals surface area contributed by atoms with Gasteiger partial charge < -0.3 is 15.8 Å². The SMILES string of the molecule is COc1ncc(-c2cc(C(F)(F)F)c3c(N)ncnn23)cc1C(=O)N[C@@H]1CN(S(=O)(=O)c2cc(F)ccc2F)C[C@@H]1F. The first-order valence-electron chi connectivity index (χ1n) is 11.9. The van der Waals surface area contributed by atoms with Crippen LogP contribution in [0, 0.1) is 11.6 Å². The Balaban J connectivity index is 1.46. The molecule has 4 heterocycles. The lowest BCUT2D eigenvalue weighted by atomic mass is 10.1. The summed E-state index contributed by atoms with van der Waals surface area (Å²) in [6, 6.07) is 2.23. The van der Waals surface area contributed by atoms with E-state index in [0.29, 0.717) is 16.4 Å². The Bertz CT molecular complexity index is 1820. The van der Waals surface area contributed by atoms with Crippen LogP contribution in [0.5, 0.6) is 5.88 Å². The molecule has 11 nitrogen and oxygen atoms in total. The summed E-state index contributed by atoms with van der Waals surface area (Å²) in [5, 5.41) is 6.15. The Morgan fingerprint density at radius 2 is 1.88 bits per heavy atom. The van der Waals surface area contributed by atoms with E-state index in [1.165, 1.54) is 0 Å². The number of rotatable bonds is 6. The normalized spacial score (nSPS) is 18.0. The van der Waals surface area contributed by atoms with Crippen molar-refractivity contribution in [2.45, 2.75) is 23.3 Å². The first kappa shape index (κ1) is 29.1. The van der Waals surface area contributed by atoms with E-state index >= 15 is 0 Å². The van der Waals surface area contributed by atoms with Crippen LogP contribution >= 0.6 is 0 Å². The van der Waals surface area contributed by atoms with Gasteiger partial charge in [-0.15, -0.1) is 0 Å². The van der Waals surface area contributed by atoms with Crippen molar-refractivity contribution in [2.75, 3.05) is 25.9 Å². The zero-order valence-electron chi connectivity index (χ0n) is 21.2. The van der Waals surface area contributed by atoms with Gasteiger partial charge in [0.05, 0.1) is 24.4 Å². The summed E-state index contributed by atoms with van der Waals surface area (Å²) in [5.74, 6) is -4.00. The topological polar surface area (TPSA) is 145 Å². The molecule has 1 fully saturated rings. The van der Waals surface area contributed by atoms with Gasteiger partial charge in [0.2, 0.25) is 15.9 Å². The van der Waals surface area contributed by atoms with Gasteiger partial charge in [-0.05, 0) is 30.3 Å². The third-order valence-corrected chi connectivity index (χ3v) is 8.36. The fraction of sp³-hybridized carbons (Fsp3) is 0.250. The lowest BCUT2D eigenvalue weighted by molar-refractivity contribution is -0.136. The highest BCUT2D eigenvalue weighted by atomic mass is 32.2. The number of amides is 1. The van der Waals surface area contributed by atoms with Gasteiger partial charge in [-0.25, -0.2) is 36.1 Å². The molecule has 0 radical (unpaired) electrons. The average Bonchev–Trinajstić information content (AvgIpc) is 3.52. The highest BCUT2D eigenvalue weighted by Gasteiger charge is 2.42. The Morgan fingerprint density at radius 3 is 2.57 bits per heavy atom. The number of nitrogens with two attached hydrogens (primary N) is 1. The van der Waals surface area contributed by atoms with Gasteiger partial charge in [0.25, 0.3) is 5.91 Å². The molecule has 2 atom stereocenters. The first-order chi connectivity index (χ1) is 19.7. The van der Waals surface area contributed by atoms with Crippen LogP contribution in [0.1, 0.15) is 15.9 Å². The third-order valence-electron chi connectivity index (χ3n) is 6.52. The molecule has 0 bridgehead atoms. The summed E-state index contributed by atoms with van der Waals surface area (Å²) in [7, 11) is -3.51. The maximum Gasteiger partial charge on any atom is 0.418 e. The van der Waals surface area contributed by atoms with Gasteiger partial charge >= 0.3 is 6.18 Å². The number of carbonyl (C=O) groups excluding carboxylic acids is 1. The summed E-state index contributed by atoms with van der Waals surface area (Å²) in [5.41, 5.74) is 3.50. The molecular weight excluding hydrogens is 596 g/mol. The number of benzene rings is 1. The van der Waals surface area contributed by atoms with E-state index in [1.54, 1.807) is 0 Å². The third kappa shape index (κ3) is 5.06. The number of nitrogens with zero attached hydrogens (tertiary/aromatic N) is 5. The van der Waals surface area contributed by atoms with Crippen molar-refractivity contribution in [1.82, 2.24) is 29.2 Å². The molecular formula is C24H19F6N7O4S. The second-order valence-electron chi connectivity index (χ2n) is 9.12. The summed E-state index contributed by atoms with van der Waals surface area (Å²) >= 11 is 0. The lowest BCUT2D eigenvalue weighted by Crippen LogP contribution is -2.42. The highest BCUT2D eigenvalue weighted by molar-refractivity contribution is 7.89. The molecule has 222 valence electrons. The van der Waals surface area contributed by atoms with E-state index < -0.39 is 80.8 Å². The number of anilines is 1. The molecule has 1 aliphatic heterocycles. The summed E-state index contributed by atoms with van der Waals surface area (Å²) in [6.07, 6.45) is -4.73. The number of nitrogens with one attached hydrogen (secondary N) is 1. The van der Waals surface area contributed by atoms with Gasteiger partial charge in [0, 0.05) is 24.8 Å². The standard InChI is InChI=1S/C24H19F6N7O4S/c1-41-23-13(4-11(7-32-23)18-6-14(24(28,29)30)20-21(31)33-10-34-37(18)20)22(38)35-17-9-36(8-16(17)27)42(39,40)19-5-12(25)2-3-15(19)26/h2-7,10,16-17H,8-9H2,1H3,(H,35,38)(H2,31,33,34)/t16-,17+/m0/s1. The van der Waals surface area contributed by atoms with Crippen LogP contribution in [0.4, 0.5) is 32.2 Å². The Labute approximate surface area is 233 Å². The Kier molecular flexibility index (Phi) is 7.22.